The highest BCUT2D eigenvalue weighted by Gasteiger charge is 2.40. The zero-order valence-electron chi connectivity index (χ0n) is 40.9. The summed E-state index contributed by atoms with van der Waals surface area (Å²) < 4.78 is 0. The molecule has 13 aromatic carbocycles. The molecule has 0 radical (unpaired) electrons. The third-order valence-electron chi connectivity index (χ3n) is 17.0. The van der Waals surface area contributed by atoms with E-state index in [1.165, 1.54) is 154 Å². The van der Waals surface area contributed by atoms with Crippen LogP contribution in [0.4, 0.5) is 0 Å². The molecule has 0 nitrogen and oxygen atoms in total. The summed E-state index contributed by atoms with van der Waals surface area (Å²) in [6.45, 7) is 9.72. The van der Waals surface area contributed by atoms with Gasteiger partial charge in [-0.1, -0.05) is 240 Å². The van der Waals surface area contributed by atoms with E-state index in [1.807, 2.05) is 0 Å². The van der Waals surface area contributed by atoms with Crippen LogP contribution in [-0.4, -0.2) is 0 Å². The van der Waals surface area contributed by atoms with E-state index in [4.69, 9.17) is 0 Å². The average molecular weight is 915 g/mol. The van der Waals surface area contributed by atoms with Crippen molar-refractivity contribution in [3.05, 3.63) is 253 Å². The summed E-state index contributed by atoms with van der Waals surface area (Å²) in [4.78, 5) is 0. The lowest BCUT2D eigenvalue weighted by Crippen LogP contribution is -2.15. The highest BCUT2D eigenvalue weighted by atomic mass is 14.4. The van der Waals surface area contributed by atoms with Crippen LogP contribution in [0.25, 0.3) is 131 Å². The minimum Gasteiger partial charge on any atom is -0.0622 e. The first-order valence-electron chi connectivity index (χ1n) is 25.6. The molecule has 0 aromatic heterocycles. The maximum atomic E-state index is 2.53. The molecule has 0 amide bonds. The van der Waals surface area contributed by atoms with E-state index in [-0.39, 0.29) is 10.8 Å². The molecule has 0 atom stereocenters. The number of fused-ring (bicyclic) bond motifs is 14. The molecule has 0 spiro atoms. The molecule has 338 valence electrons. The molecule has 2 aliphatic rings. The van der Waals surface area contributed by atoms with Crippen molar-refractivity contribution in [3.8, 4) is 66.8 Å². The molecular formula is C72H50. The van der Waals surface area contributed by atoms with Crippen molar-refractivity contribution < 1.29 is 0 Å². The second-order valence-electron chi connectivity index (χ2n) is 21.5. The van der Waals surface area contributed by atoms with Crippen molar-refractivity contribution >= 4 is 64.6 Å². The van der Waals surface area contributed by atoms with E-state index in [0.29, 0.717) is 0 Å². The lowest BCUT2D eigenvalue weighted by Gasteiger charge is -2.24. The number of benzene rings is 13. The van der Waals surface area contributed by atoms with Gasteiger partial charge in [0.25, 0.3) is 0 Å². The van der Waals surface area contributed by atoms with Crippen LogP contribution in [0.1, 0.15) is 49.9 Å². The second kappa shape index (κ2) is 15.0. The van der Waals surface area contributed by atoms with Gasteiger partial charge in [0.2, 0.25) is 0 Å². The van der Waals surface area contributed by atoms with E-state index < -0.39 is 0 Å². The van der Waals surface area contributed by atoms with Crippen molar-refractivity contribution in [2.45, 2.75) is 38.5 Å². The van der Waals surface area contributed by atoms with Crippen molar-refractivity contribution in [1.82, 2.24) is 0 Å². The Labute approximate surface area is 420 Å². The summed E-state index contributed by atoms with van der Waals surface area (Å²) in [5, 5.41) is 15.5. The van der Waals surface area contributed by atoms with Crippen molar-refractivity contribution in [3.63, 3.8) is 0 Å². The summed E-state index contributed by atoms with van der Waals surface area (Å²) in [5.74, 6) is 0. The Hall–Kier alpha value is -8.58. The SMILES string of the molecule is CC1(C)c2cc(-c3c4ccccc4c(-c4ccccc4)c4ccccc34)ccc2-c2c1ccc1c3c(ccc21)C(C)(C)c1cc(-c2c4ccccc4c(-c4ccc5ccccc5c4)c4ccccc24)ccc1-3. The Balaban J connectivity index is 0.889. The molecule has 0 bridgehead atoms. The van der Waals surface area contributed by atoms with Crippen LogP contribution in [0.15, 0.2) is 231 Å². The van der Waals surface area contributed by atoms with Crippen LogP contribution in [0.5, 0.6) is 0 Å². The second-order valence-corrected chi connectivity index (χ2v) is 21.5. The molecule has 2 aliphatic carbocycles. The monoisotopic (exact) mass is 914 g/mol. The molecule has 13 aromatic rings. The largest absolute Gasteiger partial charge is 0.0622 e. The smallest absolute Gasteiger partial charge is 0.0159 e. The van der Waals surface area contributed by atoms with Gasteiger partial charge in [0.05, 0.1) is 0 Å². The van der Waals surface area contributed by atoms with E-state index >= 15 is 0 Å². The third kappa shape index (κ3) is 5.64. The molecule has 0 aliphatic heterocycles. The predicted octanol–water partition coefficient (Wildman–Crippen LogP) is 19.9. The lowest BCUT2D eigenvalue weighted by molar-refractivity contribution is 0.660. The van der Waals surface area contributed by atoms with Gasteiger partial charge in [-0.25, -0.2) is 0 Å². The van der Waals surface area contributed by atoms with Gasteiger partial charge in [0.15, 0.2) is 0 Å². The normalized spacial score (nSPS) is 14.1. The zero-order chi connectivity index (χ0) is 48.0. The quantitative estimate of drug-likeness (QED) is 0.154. The Bertz CT molecular complexity index is 4370. The Morgan fingerprint density at radius 2 is 0.528 bits per heavy atom. The van der Waals surface area contributed by atoms with E-state index in [2.05, 4.69) is 258 Å². The minimum absolute atomic E-state index is 0.190. The van der Waals surface area contributed by atoms with Crippen molar-refractivity contribution in [2.75, 3.05) is 0 Å². The van der Waals surface area contributed by atoms with Crippen LogP contribution in [-0.2, 0) is 10.8 Å². The molecule has 0 heterocycles. The van der Waals surface area contributed by atoms with E-state index in [0.717, 1.165) is 0 Å². The number of hydrogen-bond acceptors (Lipinski definition) is 0. The molecular weight excluding hydrogens is 865 g/mol. The average Bonchev–Trinajstić information content (AvgIpc) is 3.80. The maximum Gasteiger partial charge on any atom is 0.0159 e. The molecule has 0 fully saturated rings. The van der Waals surface area contributed by atoms with Crippen molar-refractivity contribution in [2.24, 2.45) is 0 Å². The maximum absolute atomic E-state index is 2.53. The zero-order valence-corrected chi connectivity index (χ0v) is 40.9. The molecule has 0 saturated carbocycles. The lowest BCUT2D eigenvalue weighted by atomic mass is 9.79. The standard InChI is InChI=1S/C72H50/c1-71(2)61-38-36-58-57(69(61)59-34-32-47(41-63(59)71)67-51-24-12-10-22-49(51)65(44-19-6-5-7-20-44)50-23-11-13-25-52(50)67)37-39-62-70(58)60-35-33-48(42-64(60)72(62,3)4)68-55-28-16-14-26-53(55)66(54-27-15-17-29-56(54)68)46-31-30-43-18-8-9-21-45(43)40-46/h5-42H,1-4H3. The fourth-order valence-electron chi connectivity index (χ4n) is 13.6. The van der Waals surface area contributed by atoms with Crippen molar-refractivity contribution in [1.29, 1.82) is 0 Å². The Morgan fingerprint density at radius 3 is 0.944 bits per heavy atom. The predicted molar refractivity (Wildman–Crippen MR) is 308 cm³/mol. The van der Waals surface area contributed by atoms with Gasteiger partial charge < -0.3 is 0 Å². The summed E-state index contributed by atoms with van der Waals surface area (Å²) in [6.07, 6.45) is 0. The molecule has 0 saturated heterocycles. The first kappa shape index (κ1) is 41.2. The van der Waals surface area contributed by atoms with E-state index in [1.54, 1.807) is 0 Å². The van der Waals surface area contributed by atoms with Crippen LogP contribution in [0, 0.1) is 0 Å². The van der Waals surface area contributed by atoms with Gasteiger partial charge in [-0.15, -0.1) is 0 Å². The van der Waals surface area contributed by atoms with Gasteiger partial charge in [0, 0.05) is 10.8 Å². The third-order valence-corrected chi connectivity index (χ3v) is 17.0. The number of hydrogen-bond donors (Lipinski definition) is 0. The molecule has 0 unspecified atom stereocenters. The molecule has 0 heteroatoms. The summed E-state index contributed by atoms with van der Waals surface area (Å²) in [7, 11) is 0. The summed E-state index contributed by atoms with van der Waals surface area (Å²) in [5.41, 5.74) is 20.9. The number of rotatable bonds is 4. The van der Waals surface area contributed by atoms with Gasteiger partial charge >= 0.3 is 0 Å². The van der Waals surface area contributed by atoms with Gasteiger partial charge in [-0.2, -0.15) is 0 Å². The molecule has 72 heavy (non-hydrogen) atoms. The molecule has 0 N–H and O–H groups in total. The van der Waals surface area contributed by atoms with Gasteiger partial charge in [-0.05, 0) is 172 Å². The highest BCUT2D eigenvalue weighted by Crippen LogP contribution is 2.58. The molecule has 15 rings (SSSR count). The first-order chi connectivity index (χ1) is 35.3. The van der Waals surface area contributed by atoms with Crippen LogP contribution in [0.2, 0.25) is 0 Å². The summed E-state index contributed by atoms with van der Waals surface area (Å²) >= 11 is 0. The summed E-state index contributed by atoms with van der Waals surface area (Å²) in [6, 6.07) is 87.1. The first-order valence-corrected chi connectivity index (χ1v) is 25.6. The van der Waals surface area contributed by atoms with E-state index in [9.17, 15) is 0 Å². The Kier molecular flexibility index (Phi) is 8.57. The minimum atomic E-state index is -0.196. The fourth-order valence-corrected chi connectivity index (χ4v) is 13.6. The van der Waals surface area contributed by atoms with Gasteiger partial charge in [0.1, 0.15) is 0 Å². The van der Waals surface area contributed by atoms with Crippen LogP contribution in [0.3, 0.4) is 0 Å². The van der Waals surface area contributed by atoms with Crippen LogP contribution >= 0.6 is 0 Å². The Morgan fingerprint density at radius 1 is 0.208 bits per heavy atom. The fraction of sp³-hybridized carbons (Fsp3) is 0.0833. The highest BCUT2D eigenvalue weighted by molar-refractivity contribution is 6.23. The van der Waals surface area contributed by atoms with Gasteiger partial charge in [-0.3, -0.25) is 0 Å². The topological polar surface area (TPSA) is 0 Å². The van der Waals surface area contributed by atoms with Crippen LogP contribution < -0.4 is 0 Å².